The summed E-state index contributed by atoms with van der Waals surface area (Å²) < 4.78 is 10.3. The Balaban J connectivity index is 1.53. The summed E-state index contributed by atoms with van der Waals surface area (Å²) in [6, 6.07) is 5.23. The van der Waals surface area contributed by atoms with Gasteiger partial charge in [-0.2, -0.15) is 0 Å². The van der Waals surface area contributed by atoms with Crippen molar-refractivity contribution in [3.8, 4) is 17.1 Å². The van der Waals surface area contributed by atoms with E-state index in [1.54, 1.807) is 42.0 Å². The lowest BCUT2D eigenvalue weighted by Gasteiger charge is -2.33. The Morgan fingerprint density at radius 2 is 1.97 bits per heavy atom. The summed E-state index contributed by atoms with van der Waals surface area (Å²) in [6.07, 6.45) is -0.335. The maximum Gasteiger partial charge on any atom is 0.409 e. The standard InChI is InChI=1S/C18H22ClN5O4S/c1-3-28-18(26)24-8-6-23(7-9-24)15(25)11-29-17-20-16(21-22-17)13-10-12(19)4-5-14(13)27-2/h4-5,10H,3,6-9,11H2,1-2H3,(H,20,21,22). The van der Waals surface area contributed by atoms with Crippen LogP contribution in [-0.4, -0.2) is 82.6 Å². The van der Waals surface area contributed by atoms with Gasteiger partial charge in [0, 0.05) is 31.2 Å². The van der Waals surface area contributed by atoms with Crippen molar-refractivity contribution >= 4 is 35.4 Å². The maximum absolute atomic E-state index is 12.5. The molecule has 29 heavy (non-hydrogen) atoms. The zero-order valence-electron chi connectivity index (χ0n) is 16.2. The highest BCUT2D eigenvalue weighted by molar-refractivity contribution is 7.99. The van der Waals surface area contributed by atoms with Crippen molar-refractivity contribution in [2.45, 2.75) is 12.1 Å². The second kappa shape index (κ2) is 9.84. The van der Waals surface area contributed by atoms with Gasteiger partial charge in [0.25, 0.3) is 0 Å². The average Bonchev–Trinajstić information content (AvgIpc) is 3.21. The predicted molar refractivity (Wildman–Crippen MR) is 109 cm³/mol. The van der Waals surface area contributed by atoms with E-state index in [-0.39, 0.29) is 17.8 Å². The molecule has 0 atom stereocenters. The molecule has 1 aliphatic rings. The number of rotatable bonds is 6. The Labute approximate surface area is 177 Å². The van der Waals surface area contributed by atoms with Crippen LogP contribution in [0.5, 0.6) is 5.75 Å². The van der Waals surface area contributed by atoms with E-state index in [9.17, 15) is 9.59 Å². The molecule has 11 heteroatoms. The smallest absolute Gasteiger partial charge is 0.409 e. The number of halogens is 1. The number of benzene rings is 1. The summed E-state index contributed by atoms with van der Waals surface area (Å²) in [5.41, 5.74) is 0.695. The Hall–Kier alpha value is -2.46. The molecule has 1 aromatic carbocycles. The second-order valence-electron chi connectivity index (χ2n) is 6.17. The van der Waals surface area contributed by atoms with Crippen LogP contribution in [0.4, 0.5) is 4.79 Å². The van der Waals surface area contributed by atoms with E-state index in [0.717, 1.165) is 0 Å². The van der Waals surface area contributed by atoms with Gasteiger partial charge >= 0.3 is 6.09 Å². The number of nitrogens with zero attached hydrogens (tertiary/aromatic N) is 4. The van der Waals surface area contributed by atoms with Gasteiger partial charge in [-0.25, -0.2) is 9.78 Å². The number of aromatic nitrogens is 3. The van der Waals surface area contributed by atoms with Crippen molar-refractivity contribution in [1.29, 1.82) is 0 Å². The fourth-order valence-corrected chi connectivity index (χ4v) is 3.74. The van der Waals surface area contributed by atoms with Crippen molar-refractivity contribution in [2.75, 3.05) is 45.6 Å². The minimum atomic E-state index is -0.335. The number of carbonyl (C=O) groups excluding carboxylic acids is 2. The topological polar surface area (TPSA) is 101 Å². The van der Waals surface area contributed by atoms with Crippen molar-refractivity contribution in [2.24, 2.45) is 0 Å². The van der Waals surface area contributed by atoms with Gasteiger partial charge in [0.15, 0.2) is 5.82 Å². The van der Waals surface area contributed by atoms with E-state index in [1.807, 2.05) is 0 Å². The fourth-order valence-electron chi connectivity index (χ4n) is 2.87. The van der Waals surface area contributed by atoms with Gasteiger partial charge in [-0.05, 0) is 25.1 Å². The second-order valence-corrected chi connectivity index (χ2v) is 7.55. The highest BCUT2D eigenvalue weighted by Gasteiger charge is 2.25. The quantitative estimate of drug-likeness (QED) is 0.690. The van der Waals surface area contributed by atoms with Crippen molar-refractivity contribution in [3.63, 3.8) is 0 Å². The zero-order valence-corrected chi connectivity index (χ0v) is 17.8. The minimum absolute atomic E-state index is 0.0230. The monoisotopic (exact) mass is 439 g/mol. The van der Waals surface area contributed by atoms with Crippen LogP contribution in [0.15, 0.2) is 23.4 Å². The molecule has 0 unspecified atom stereocenters. The van der Waals surface area contributed by atoms with Crippen molar-refractivity contribution in [3.05, 3.63) is 23.2 Å². The molecule has 2 heterocycles. The SMILES string of the molecule is CCOC(=O)N1CCN(C(=O)CSc2n[nH]c(-c3cc(Cl)ccc3OC)n2)CC1. The molecule has 0 aliphatic carbocycles. The number of hydrogen-bond donors (Lipinski definition) is 1. The Bertz CT molecular complexity index is 870. The fraction of sp³-hybridized carbons (Fsp3) is 0.444. The largest absolute Gasteiger partial charge is 0.496 e. The predicted octanol–water partition coefficient (Wildman–Crippen LogP) is 2.53. The van der Waals surface area contributed by atoms with Gasteiger partial charge in [-0.1, -0.05) is 23.4 Å². The van der Waals surface area contributed by atoms with Crippen LogP contribution in [0.25, 0.3) is 11.4 Å². The highest BCUT2D eigenvalue weighted by Crippen LogP contribution is 2.31. The molecule has 1 saturated heterocycles. The molecule has 1 aliphatic heterocycles. The van der Waals surface area contributed by atoms with Gasteiger partial charge in [0.1, 0.15) is 5.75 Å². The summed E-state index contributed by atoms with van der Waals surface area (Å²) in [6.45, 7) is 4.01. The molecule has 9 nitrogen and oxygen atoms in total. The number of methoxy groups -OCH3 is 1. The summed E-state index contributed by atoms with van der Waals surface area (Å²) in [5.74, 6) is 1.33. The van der Waals surface area contributed by atoms with E-state index < -0.39 is 0 Å². The number of ether oxygens (including phenoxy) is 2. The number of piperazine rings is 1. The van der Waals surface area contributed by atoms with Gasteiger partial charge < -0.3 is 19.3 Å². The highest BCUT2D eigenvalue weighted by atomic mass is 35.5. The van der Waals surface area contributed by atoms with Crippen molar-refractivity contribution < 1.29 is 19.1 Å². The first-order chi connectivity index (χ1) is 14.0. The van der Waals surface area contributed by atoms with Crippen LogP contribution < -0.4 is 4.74 Å². The molecule has 1 fully saturated rings. The number of carbonyl (C=O) groups is 2. The van der Waals surface area contributed by atoms with E-state index in [0.29, 0.717) is 60.1 Å². The molecule has 3 rings (SSSR count). The number of aromatic amines is 1. The maximum atomic E-state index is 12.5. The van der Waals surface area contributed by atoms with E-state index in [2.05, 4.69) is 15.2 Å². The summed E-state index contributed by atoms with van der Waals surface area (Å²) in [5, 5.41) is 8.03. The Kier molecular flexibility index (Phi) is 7.21. The van der Waals surface area contributed by atoms with E-state index in [1.165, 1.54) is 11.8 Å². The van der Waals surface area contributed by atoms with Gasteiger partial charge in [0.05, 0.1) is 25.0 Å². The first kappa shape index (κ1) is 21.3. The lowest BCUT2D eigenvalue weighted by molar-refractivity contribution is -0.129. The number of nitrogens with one attached hydrogen (secondary N) is 1. The number of amides is 2. The molecule has 0 saturated carbocycles. The summed E-state index contributed by atoms with van der Waals surface area (Å²) in [7, 11) is 1.57. The lowest BCUT2D eigenvalue weighted by Crippen LogP contribution is -2.51. The third-order valence-electron chi connectivity index (χ3n) is 4.36. The van der Waals surface area contributed by atoms with Crippen LogP contribution in [0, 0.1) is 0 Å². The van der Waals surface area contributed by atoms with Crippen molar-refractivity contribution in [1.82, 2.24) is 25.0 Å². The zero-order chi connectivity index (χ0) is 20.8. The molecular formula is C18H22ClN5O4S. The Morgan fingerprint density at radius 3 is 2.66 bits per heavy atom. The van der Waals surface area contributed by atoms with E-state index >= 15 is 0 Å². The van der Waals surface area contributed by atoms with Gasteiger partial charge in [0.2, 0.25) is 11.1 Å². The van der Waals surface area contributed by atoms with Crippen LogP contribution in [0.3, 0.4) is 0 Å². The van der Waals surface area contributed by atoms with Crippen LogP contribution in [0.1, 0.15) is 6.92 Å². The van der Waals surface area contributed by atoms with Crippen LogP contribution in [-0.2, 0) is 9.53 Å². The number of thioether (sulfide) groups is 1. The molecule has 156 valence electrons. The van der Waals surface area contributed by atoms with Crippen LogP contribution in [0.2, 0.25) is 5.02 Å². The van der Waals surface area contributed by atoms with Gasteiger partial charge in [-0.15, -0.1) is 5.10 Å². The van der Waals surface area contributed by atoms with Gasteiger partial charge in [-0.3, -0.25) is 9.89 Å². The minimum Gasteiger partial charge on any atom is -0.496 e. The molecule has 0 spiro atoms. The number of hydrogen-bond acceptors (Lipinski definition) is 7. The molecule has 0 bridgehead atoms. The normalized spacial score (nSPS) is 14.0. The molecule has 1 aromatic heterocycles. The lowest BCUT2D eigenvalue weighted by atomic mass is 10.2. The average molecular weight is 440 g/mol. The molecule has 2 aromatic rings. The molecule has 1 N–H and O–H groups in total. The number of H-pyrrole nitrogens is 1. The molecule has 0 radical (unpaired) electrons. The first-order valence-corrected chi connectivity index (χ1v) is 10.5. The Morgan fingerprint density at radius 1 is 1.24 bits per heavy atom. The molecular weight excluding hydrogens is 418 g/mol. The van der Waals surface area contributed by atoms with Crippen LogP contribution >= 0.6 is 23.4 Å². The summed E-state index contributed by atoms with van der Waals surface area (Å²) >= 11 is 7.31. The molecule has 2 amide bonds. The summed E-state index contributed by atoms with van der Waals surface area (Å²) in [4.78, 5) is 32.0. The first-order valence-electron chi connectivity index (χ1n) is 9.10. The third-order valence-corrected chi connectivity index (χ3v) is 5.43. The third kappa shape index (κ3) is 5.33. The van der Waals surface area contributed by atoms with E-state index in [4.69, 9.17) is 21.1 Å².